The van der Waals surface area contributed by atoms with Gasteiger partial charge in [-0.05, 0) is 25.0 Å². The van der Waals surface area contributed by atoms with Gasteiger partial charge in [0.15, 0.2) is 0 Å². The van der Waals surface area contributed by atoms with Gasteiger partial charge in [-0.2, -0.15) is 5.26 Å². The fourth-order valence-corrected chi connectivity index (χ4v) is 4.19. The fraction of sp³-hybridized carbons (Fsp3) is 0.364. The first-order chi connectivity index (χ1) is 7.18. The lowest BCUT2D eigenvalue weighted by molar-refractivity contribution is 0.396. The Balaban J connectivity index is 2.49. The zero-order valence-corrected chi connectivity index (χ0v) is 9.41. The van der Waals surface area contributed by atoms with Gasteiger partial charge in [0.25, 0.3) is 7.37 Å². The highest BCUT2D eigenvalue weighted by atomic mass is 31.2. The first kappa shape index (κ1) is 10.4. The molecule has 1 aliphatic carbocycles. The Hall–Kier alpha value is -1.10. The summed E-state index contributed by atoms with van der Waals surface area (Å²) in [5.74, 6) is 0. The maximum absolute atomic E-state index is 12.7. The van der Waals surface area contributed by atoms with E-state index >= 15 is 0 Å². The van der Waals surface area contributed by atoms with Crippen LogP contribution in [-0.4, -0.2) is 12.3 Å². The summed E-state index contributed by atoms with van der Waals surface area (Å²) in [6.07, 6.45) is 1.34. The van der Waals surface area contributed by atoms with Crippen molar-refractivity contribution in [2.24, 2.45) is 0 Å². The molecule has 0 heterocycles. The molecule has 0 N–H and O–H groups in total. The molecule has 3 nitrogen and oxygen atoms in total. The molecule has 78 valence electrons. The van der Waals surface area contributed by atoms with Crippen molar-refractivity contribution in [3.05, 3.63) is 30.3 Å². The number of benzene rings is 1. The van der Waals surface area contributed by atoms with Crippen LogP contribution < -0.4 is 5.30 Å². The smallest absolute Gasteiger partial charge is 0.251 e. The monoisotopic (exact) mass is 221 g/mol. The molecule has 0 saturated heterocycles. The second kappa shape index (κ2) is 3.48. The van der Waals surface area contributed by atoms with Crippen LogP contribution in [0.1, 0.15) is 12.8 Å². The normalized spacial score (nSPS) is 21.3. The van der Waals surface area contributed by atoms with E-state index in [0.29, 0.717) is 18.1 Å². The van der Waals surface area contributed by atoms with Crippen LogP contribution in [0.4, 0.5) is 0 Å². The van der Waals surface area contributed by atoms with Gasteiger partial charge in [0.1, 0.15) is 5.16 Å². The van der Waals surface area contributed by atoms with Gasteiger partial charge < -0.3 is 4.52 Å². The molecule has 0 aliphatic heterocycles. The lowest BCUT2D eigenvalue weighted by Gasteiger charge is -2.20. The zero-order valence-electron chi connectivity index (χ0n) is 8.51. The third kappa shape index (κ3) is 1.42. The van der Waals surface area contributed by atoms with Crippen molar-refractivity contribution in [2.45, 2.75) is 18.0 Å². The van der Waals surface area contributed by atoms with Gasteiger partial charge in [0, 0.05) is 12.4 Å². The molecule has 4 heteroatoms. The van der Waals surface area contributed by atoms with Crippen LogP contribution in [0.2, 0.25) is 0 Å². The number of rotatable bonds is 3. The summed E-state index contributed by atoms with van der Waals surface area (Å²) in [5, 5.41) is 8.97. The molecule has 1 saturated carbocycles. The van der Waals surface area contributed by atoms with E-state index in [9.17, 15) is 4.57 Å². The standard InChI is InChI=1S/C11H12NO2P/c1-14-15(13,11(9-12)7-8-11)10-5-3-2-4-6-10/h2-6H,7-8H2,1H3. The number of hydrogen-bond donors (Lipinski definition) is 0. The Morgan fingerprint density at radius 1 is 1.40 bits per heavy atom. The van der Waals surface area contributed by atoms with Crippen LogP contribution >= 0.6 is 7.37 Å². The Morgan fingerprint density at radius 2 is 2.00 bits per heavy atom. The SMILES string of the molecule is COP(=O)(c1ccccc1)C1(C#N)CC1. The van der Waals surface area contributed by atoms with Gasteiger partial charge in [0.2, 0.25) is 0 Å². The molecule has 0 bridgehead atoms. The third-order valence-corrected chi connectivity index (χ3v) is 6.01. The molecule has 1 aliphatic rings. The summed E-state index contributed by atoms with van der Waals surface area (Å²) in [6, 6.07) is 11.2. The lowest BCUT2D eigenvalue weighted by Crippen LogP contribution is -2.18. The van der Waals surface area contributed by atoms with Crippen molar-refractivity contribution in [3.8, 4) is 6.07 Å². The van der Waals surface area contributed by atoms with Gasteiger partial charge in [-0.1, -0.05) is 18.2 Å². The van der Waals surface area contributed by atoms with Crippen molar-refractivity contribution in [3.63, 3.8) is 0 Å². The summed E-state index contributed by atoms with van der Waals surface area (Å²) in [6.45, 7) is 0. The Bertz CT molecular complexity index is 445. The molecule has 0 radical (unpaired) electrons. The van der Waals surface area contributed by atoms with Crippen molar-refractivity contribution in [1.29, 1.82) is 5.26 Å². The van der Waals surface area contributed by atoms with Gasteiger partial charge in [-0.15, -0.1) is 0 Å². The first-order valence-electron chi connectivity index (χ1n) is 4.81. The molecule has 0 spiro atoms. The van der Waals surface area contributed by atoms with Crippen LogP contribution in [0.3, 0.4) is 0 Å². The summed E-state index contributed by atoms with van der Waals surface area (Å²) >= 11 is 0. The predicted molar refractivity (Wildman–Crippen MR) is 58.3 cm³/mol. The number of hydrogen-bond acceptors (Lipinski definition) is 3. The summed E-state index contributed by atoms with van der Waals surface area (Å²) in [5.41, 5.74) is 0. The minimum atomic E-state index is -3.01. The predicted octanol–water partition coefficient (Wildman–Crippen LogP) is 2.29. The van der Waals surface area contributed by atoms with Gasteiger partial charge in [0.05, 0.1) is 6.07 Å². The molecule has 0 amide bonds. The quantitative estimate of drug-likeness (QED) is 0.736. The van der Waals surface area contributed by atoms with Gasteiger partial charge >= 0.3 is 0 Å². The molecule has 2 rings (SSSR count). The number of nitriles is 1. The summed E-state index contributed by atoms with van der Waals surface area (Å²) in [4.78, 5) is 0. The molecule has 1 aromatic carbocycles. The van der Waals surface area contributed by atoms with Crippen molar-refractivity contribution < 1.29 is 9.09 Å². The molecule has 15 heavy (non-hydrogen) atoms. The second-order valence-corrected chi connectivity index (χ2v) is 6.55. The topological polar surface area (TPSA) is 50.1 Å². The molecule has 1 atom stereocenters. The van der Waals surface area contributed by atoms with E-state index < -0.39 is 12.5 Å². The first-order valence-corrected chi connectivity index (χ1v) is 6.44. The van der Waals surface area contributed by atoms with E-state index in [1.54, 1.807) is 12.1 Å². The van der Waals surface area contributed by atoms with Crippen LogP contribution in [0.5, 0.6) is 0 Å². The summed E-state index contributed by atoms with van der Waals surface area (Å²) in [7, 11) is -1.58. The van der Waals surface area contributed by atoms with Gasteiger partial charge in [-0.3, -0.25) is 4.57 Å². The minimum absolute atomic E-state index is 0.645. The Morgan fingerprint density at radius 3 is 2.40 bits per heavy atom. The lowest BCUT2D eigenvalue weighted by atomic mass is 10.4. The molecular formula is C11H12NO2P. The fourth-order valence-electron chi connectivity index (χ4n) is 1.74. The minimum Gasteiger partial charge on any atom is -0.328 e. The van der Waals surface area contributed by atoms with Gasteiger partial charge in [-0.25, -0.2) is 0 Å². The number of nitrogens with zero attached hydrogens (tertiary/aromatic N) is 1. The Kier molecular flexibility index (Phi) is 2.42. The van der Waals surface area contributed by atoms with Crippen LogP contribution in [0.25, 0.3) is 0 Å². The van der Waals surface area contributed by atoms with E-state index in [1.165, 1.54) is 7.11 Å². The molecule has 1 unspecified atom stereocenters. The molecule has 1 aromatic rings. The van der Waals surface area contributed by atoms with E-state index in [4.69, 9.17) is 9.79 Å². The maximum atomic E-state index is 12.7. The average Bonchev–Trinajstić information content (AvgIpc) is 3.10. The van der Waals surface area contributed by atoms with Crippen molar-refractivity contribution in [2.75, 3.05) is 7.11 Å². The molecular weight excluding hydrogens is 209 g/mol. The van der Waals surface area contributed by atoms with Crippen LogP contribution in [0, 0.1) is 11.3 Å². The summed E-state index contributed by atoms with van der Waals surface area (Å²) < 4.78 is 17.8. The van der Waals surface area contributed by atoms with E-state index in [1.807, 2.05) is 18.2 Å². The maximum Gasteiger partial charge on any atom is 0.251 e. The third-order valence-electron chi connectivity index (χ3n) is 2.85. The van der Waals surface area contributed by atoms with Crippen molar-refractivity contribution >= 4 is 12.7 Å². The highest BCUT2D eigenvalue weighted by molar-refractivity contribution is 7.69. The van der Waals surface area contributed by atoms with E-state index in [2.05, 4.69) is 6.07 Å². The highest BCUT2D eigenvalue weighted by Crippen LogP contribution is 2.68. The van der Waals surface area contributed by atoms with Crippen molar-refractivity contribution in [1.82, 2.24) is 0 Å². The van der Waals surface area contributed by atoms with E-state index in [-0.39, 0.29) is 0 Å². The Labute approximate surface area is 89.1 Å². The average molecular weight is 221 g/mol. The van der Waals surface area contributed by atoms with Crippen LogP contribution in [0.15, 0.2) is 30.3 Å². The van der Waals surface area contributed by atoms with Crippen LogP contribution in [-0.2, 0) is 9.09 Å². The molecule has 1 fully saturated rings. The second-order valence-electron chi connectivity index (χ2n) is 3.71. The largest absolute Gasteiger partial charge is 0.328 e. The molecule has 0 aromatic heterocycles. The zero-order chi connectivity index (χ0) is 10.9. The van der Waals surface area contributed by atoms with E-state index in [0.717, 1.165) is 0 Å². The highest BCUT2D eigenvalue weighted by Gasteiger charge is 2.59.